The SMILES string of the molecule is O=C(/C=C/c1ccc(CN2CCC3=C(Cc4ccccc43)C2)cc1)NO. The highest BCUT2D eigenvalue weighted by Crippen LogP contribution is 2.38. The molecular weight excluding hydrogens is 324 g/mol. The molecule has 0 bridgehead atoms. The van der Waals surface area contributed by atoms with Gasteiger partial charge in [-0.25, -0.2) is 5.48 Å². The maximum atomic E-state index is 11.0. The van der Waals surface area contributed by atoms with Crippen LogP contribution in [0.25, 0.3) is 11.6 Å². The van der Waals surface area contributed by atoms with E-state index < -0.39 is 5.91 Å². The maximum absolute atomic E-state index is 11.0. The lowest BCUT2D eigenvalue weighted by Crippen LogP contribution is -2.30. The lowest BCUT2D eigenvalue weighted by atomic mass is 9.99. The molecular formula is C22H22N2O2. The molecule has 1 aliphatic heterocycles. The van der Waals surface area contributed by atoms with Crippen LogP contribution in [-0.2, 0) is 17.8 Å². The van der Waals surface area contributed by atoms with Crippen molar-refractivity contribution < 1.29 is 10.0 Å². The van der Waals surface area contributed by atoms with Gasteiger partial charge in [0.15, 0.2) is 0 Å². The first-order valence-corrected chi connectivity index (χ1v) is 8.95. The summed E-state index contributed by atoms with van der Waals surface area (Å²) in [5, 5.41) is 8.50. The van der Waals surface area contributed by atoms with Gasteiger partial charge in [0.05, 0.1) is 0 Å². The Morgan fingerprint density at radius 2 is 1.96 bits per heavy atom. The number of nitrogens with one attached hydrogen (secondary N) is 1. The number of carbonyl (C=O) groups is 1. The van der Waals surface area contributed by atoms with Crippen molar-refractivity contribution in [2.75, 3.05) is 13.1 Å². The molecule has 2 aliphatic rings. The smallest absolute Gasteiger partial charge is 0.267 e. The number of hydrogen-bond donors (Lipinski definition) is 2. The minimum Gasteiger partial charge on any atom is -0.295 e. The van der Waals surface area contributed by atoms with E-state index in [2.05, 4.69) is 41.3 Å². The summed E-state index contributed by atoms with van der Waals surface area (Å²) in [7, 11) is 0. The predicted octanol–water partition coefficient (Wildman–Crippen LogP) is 3.42. The third-order valence-corrected chi connectivity index (χ3v) is 5.19. The minimum absolute atomic E-state index is 0.524. The van der Waals surface area contributed by atoms with Gasteiger partial charge in [0.2, 0.25) is 0 Å². The fraction of sp³-hybridized carbons (Fsp3) is 0.227. The maximum Gasteiger partial charge on any atom is 0.267 e. The molecule has 0 saturated carbocycles. The highest BCUT2D eigenvalue weighted by Gasteiger charge is 2.26. The van der Waals surface area contributed by atoms with E-state index in [1.807, 2.05) is 12.1 Å². The summed E-state index contributed by atoms with van der Waals surface area (Å²) >= 11 is 0. The first kappa shape index (κ1) is 16.8. The number of carbonyl (C=O) groups excluding carboxylic acids is 1. The highest BCUT2D eigenvalue weighted by atomic mass is 16.5. The third kappa shape index (κ3) is 3.47. The van der Waals surface area contributed by atoms with E-state index in [1.165, 1.54) is 22.8 Å². The topological polar surface area (TPSA) is 52.6 Å². The summed E-state index contributed by atoms with van der Waals surface area (Å²) in [6.07, 6.45) is 5.22. The zero-order chi connectivity index (χ0) is 17.9. The van der Waals surface area contributed by atoms with Crippen LogP contribution >= 0.6 is 0 Å². The van der Waals surface area contributed by atoms with Gasteiger partial charge in [-0.3, -0.25) is 14.9 Å². The summed E-state index contributed by atoms with van der Waals surface area (Å²) in [5.41, 5.74) is 9.88. The van der Waals surface area contributed by atoms with E-state index in [9.17, 15) is 4.79 Å². The second-order valence-electron chi connectivity index (χ2n) is 6.93. The standard InChI is InChI=1S/C22H22N2O2/c25-22(23-26)10-9-16-5-7-17(8-6-16)14-24-12-11-21-19(15-24)13-18-3-1-2-4-20(18)21/h1-10,26H,11-15H2,(H,23,25)/b10-9+. The van der Waals surface area contributed by atoms with E-state index in [0.717, 1.165) is 38.0 Å². The van der Waals surface area contributed by atoms with Crippen LogP contribution in [0.15, 0.2) is 60.2 Å². The molecule has 1 amide bonds. The number of rotatable bonds is 4. The molecule has 26 heavy (non-hydrogen) atoms. The molecule has 0 saturated heterocycles. The van der Waals surface area contributed by atoms with E-state index in [0.29, 0.717) is 0 Å². The summed E-state index contributed by atoms with van der Waals surface area (Å²) in [6.45, 7) is 3.07. The van der Waals surface area contributed by atoms with Crippen molar-refractivity contribution in [2.45, 2.75) is 19.4 Å². The van der Waals surface area contributed by atoms with Gasteiger partial charge >= 0.3 is 0 Å². The molecule has 0 unspecified atom stereocenters. The van der Waals surface area contributed by atoms with Crippen molar-refractivity contribution in [3.8, 4) is 0 Å². The van der Waals surface area contributed by atoms with E-state index >= 15 is 0 Å². The number of hydrogen-bond acceptors (Lipinski definition) is 3. The van der Waals surface area contributed by atoms with Crippen molar-refractivity contribution in [2.24, 2.45) is 0 Å². The van der Waals surface area contributed by atoms with Gasteiger partial charge < -0.3 is 0 Å². The molecule has 4 heteroatoms. The van der Waals surface area contributed by atoms with Crippen molar-refractivity contribution >= 4 is 17.6 Å². The first-order valence-electron chi connectivity index (χ1n) is 8.95. The molecule has 2 N–H and O–H groups in total. The number of fused-ring (bicyclic) bond motifs is 2. The van der Waals surface area contributed by atoms with Gasteiger partial charge in [0.25, 0.3) is 5.91 Å². The second-order valence-corrected chi connectivity index (χ2v) is 6.93. The Morgan fingerprint density at radius 3 is 2.77 bits per heavy atom. The zero-order valence-corrected chi connectivity index (χ0v) is 14.6. The minimum atomic E-state index is -0.524. The summed E-state index contributed by atoms with van der Waals surface area (Å²) in [6, 6.07) is 17.0. The highest BCUT2D eigenvalue weighted by molar-refractivity contribution is 5.90. The van der Waals surface area contributed by atoms with E-state index in [4.69, 9.17) is 5.21 Å². The molecule has 2 aromatic carbocycles. The van der Waals surface area contributed by atoms with Crippen LogP contribution in [0, 0.1) is 0 Å². The molecule has 0 spiro atoms. The number of benzene rings is 2. The molecule has 2 aromatic rings. The molecule has 0 fully saturated rings. The Morgan fingerprint density at radius 1 is 1.15 bits per heavy atom. The lowest BCUT2D eigenvalue weighted by molar-refractivity contribution is -0.124. The van der Waals surface area contributed by atoms with Crippen molar-refractivity contribution in [1.82, 2.24) is 10.4 Å². The largest absolute Gasteiger partial charge is 0.295 e. The molecule has 1 heterocycles. The van der Waals surface area contributed by atoms with Crippen LogP contribution in [0.2, 0.25) is 0 Å². The van der Waals surface area contributed by atoms with Gasteiger partial charge in [-0.2, -0.15) is 0 Å². The monoisotopic (exact) mass is 346 g/mol. The Bertz CT molecular complexity index is 881. The van der Waals surface area contributed by atoms with E-state index in [-0.39, 0.29) is 0 Å². The third-order valence-electron chi connectivity index (χ3n) is 5.19. The summed E-state index contributed by atoms with van der Waals surface area (Å²) in [4.78, 5) is 13.5. The van der Waals surface area contributed by atoms with Crippen molar-refractivity contribution in [1.29, 1.82) is 0 Å². The average molecular weight is 346 g/mol. The quantitative estimate of drug-likeness (QED) is 0.507. The molecule has 1 aliphatic carbocycles. The van der Waals surface area contributed by atoms with Gasteiger partial charge in [-0.05, 0) is 52.3 Å². The van der Waals surface area contributed by atoms with Crippen LogP contribution in [0.4, 0.5) is 0 Å². The predicted molar refractivity (Wildman–Crippen MR) is 102 cm³/mol. The zero-order valence-electron chi connectivity index (χ0n) is 14.6. The summed E-state index contributed by atoms with van der Waals surface area (Å²) < 4.78 is 0. The molecule has 132 valence electrons. The van der Waals surface area contributed by atoms with Crippen LogP contribution in [-0.4, -0.2) is 29.1 Å². The average Bonchev–Trinajstić information content (AvgIpc) is 3.05. The molecule has 0 atom stereocenters. The number of amides is 1. The van der Waals surface area contributed by atoms with Crippen LogP contribution in [0.3, 0.4) is 0 Å². The van der Waals surface area contributed by atoms with Crippen molar-refractivity contribution in [3.05, 3.63) is 82.4 Å². The Kier molecular flexibility index (Phi) is 4.69. The fourth-order valence-electron chi connectivity index (χ4n) is 3.91. The molecule has 0 aromatic heterocycles. The molecule has 4 rings (SSSR count). The van der Waals surface area contributed by atoms with Gasteiger partial charge in [-0.15, -0.1) is 0 Å². The normalized spacial score (nSPS) is 16.7. The first-order chi connectivity index (χ1) is 12.7. The van der Waals surface area contributed by atoms with Gasteiger partial charge in [-0.1, -0.05) is 48.5 Å². The number of hydroxylamine groups is 1. The van der Waals surface area contributed by atoms with Gasteiger partial charge in [0.1, 0.15) is 0 Å². The molecule has 4 nitrogen and oxygen atoms in total. The number of nitrogens with zero attached hydrogens (tertiary/aromatic N) is 1. The van der Waals surface area contributed by atoms with Gasteiger partial charge in [0, 0.05) is 25.7 Å². The Hall–Kier alpha value is -2.69. The van der Waals surface area contributed by atoms with E-state index in [1.54, 1.807) is 22.7 Å². The molecule has 0 radical (unpaired) electrons. The fourth-order valence-corrected chi connectivity index (χ4v) is 3.91. The van der Waals surface area contributed by atoms with Crippen LogP contribution in [0.5, 0.6) is 0 Å². The summed E-state index contributed by atoms with van der Waals surface area (Å²) in [5.74, 6) is -0.524. The Balaban J connectivity index is 1.39. The Labute approximate surface area is 153 Å². The second kappa shape index (κ2) is 7.28. The van der Waals surface area contributed by atoms with Crippen molar-refractivity contribution in [3.63, 3.8) is 0 Å². The lowest BCUT2D eigenvalue weighted by Gasteiger charge is -2.28. The van der Waals surface area contributed by atoms with Crippen LogP contribution in [0.1, 0.15) is 28.7 Å². The van der Waals surface area contributed by atoms with Crippen LogP contribution < -0.4 is 5.48 Å².